The quantitative estimate of drug-likeness (QED) is 0.595. The summed E-state index contributed by atoms with van der Waals surface area (Å²) in [7, 11) is 0. The van der Waals surface area contributed by atoms with Gasteiger partial charge in [0.25, 0.3) is 5.91 Å². The van der Waals surface area contributed by atoms with Crippen LogP contribution >= 0.6 is 0 Å². The summed E-state index contributed by atoms with van der Waals surface area (Å²) in [6, 6.07) is 14.1. The van der Waals surface area contributed by atoms with Crippen molar-refractivity contribution < 1.29 is 27.8 Å². The van der Waals surface area contributed by atoms with Crippen LogP contribution in [0, 0.1) is 0 Å². The number of aromatic hydroxyl groups is 1. The molecule has 9 heteroatoms. The van der Waals surface area contributed by atoms with E-state index in [4.69, 9.17) is 0 Å². The van der Waals surface area contributed by atoms with Crippen molar-refractivity contribution in [1.29, 1.82) is 0 Å². The summed E-state index contributed by atoms with van der Waals surface area (Å²) in [6.07, 6.45) is -2.86. The van der Waals surface area contributed by atoms with Crippen LogP contribution in [0.25, 0.3) is 0 Å². The zero-order valence-electron chi connectivity index (χ0n) is 14.5. The third-order valence-corrected chi connectivity index (χ3v) is 3.79. The molecule has 0 bridgehead atoms. The summed E-state index contributed by atoms with van der Waals surface area (Å²) in [5.41, 5.74) is 1.73. The number of halogens is 3. The van der Waals surface area contributed by atoms with E-state index in [-0.39, 0.29) is 22.9 Å². The van der Waals surface area contributed by atoms with Crippen LogP contribution in [0.4, 0.5) is 18.9 Å². The van der Waals surface area contributed by atoms with E-state index in [2.05, 4.69) is 20.3 Å². The van der Waals surface area contributed by atoms with E-state index in [1.807, 2.05) is 30.3 Å². The third kappa shape index (κ3) is 5.03. The van der Waals surface area contributed by atoms with Crippen molar-refractivity contribution in [3.8, 4) is 11.6 Å². The monoisotopic (exact) mass is 391 g/mol. The van der Waals surface area contributed by atoms with Gasteiger partial charge in [-0.15, -0.1) is 0 Å². The fraction of sp³-hybridized carbons (Fsp3) is 0.158. The molecule has 3 aromatic rings. The van der Waals surface area contributed by atoms with Crippen molar-refractivity contribution in [2.24, 2.45) is 0 Å². The number of carbonyl (C=O) groups is 1. The topological polar surface area (TPSA) is 87.2 Å². The Kier molecular flexibility index (Phi) is 5.53. The number of alkyl halides is 3. The molecule has 6 nitrogen and oxygen atoms in total. The average molecular weight is 391 g/mol. The lowest BCUT2D eigenvalue weighted by atomic mass is 10.0. The molecule has 0 aliphatic heterocycles. The Bertz CT molecular complexity index is 956. The maximum absolute atomic E-state index is 12.5. The van der Waals surface area contributed by atoms with Gasteiger partial charge in [-0.25, -0.2) is 5.10 Å². The molecule has 0 saturated heterocycles. The van der Waals surface area contributed by atoms with Gasteiger partial charge in [-0.3, -0.25) is 4.79 Å². The van der Waals surface area contributed by atoms with Gasteiger partial charge in [0.1, 0.15) is 11.4 Å². The molecule has 2 aromatic carbocycles. The minimum atomic E-state index is -4.53. The van der Waals surface area contributed by atoms with E-state index in [1.54, 1.807) is 6.07 Å². The Hall–Kier alpha value is -3.49. The van der Waals surface area contributed by atoms with Gasteiger partial charge in [-0.1, -0.05) is 36.4 Å². The minimum Gasteiger partial charge on any atom is -0.507 e. The maximum Gasteiger partial charge on any atom is 0.422 e. The fourth-order valence-electron chi connectivity index (χ4n) is 2.52. The first-order valence-corrected chi connectivity index (χ1v) is 8.22. The van der Waals surface area contributed by atoms with E-state index in [0.717, 1.165) is 17.3 Å². The molecule has 0 aliphatic carbocycles. The van der Waals surface area contributed by atoms with Crippen molar-refractivity contribution in [2.45, 2.75) is 12.6 Å². The van der Waals surface area contributed by atoms with Crippen LogP contribution in [0.1, 0.15) is 21.5 Å². The summed E-state index contributed by atoms with van der Waals surface area (Å²) in [5, 5.41) is 18.2. The maximum atomic E-state index is 12.5. The molecule has 0 unspecified atom stereocenters. The van der Waals surface area contributed by atoms with Crippen molar-refractivity contribution in [3.05, 3.63) is 71.4 Å². The van der Waals surface area contributed by atoms with Gasteiger partial charge >= 0.3 is 6.18 Å². The lowest BCUT2D eigenvalue weighted by Gasteiger charge is -2.11. The number of hydrogen-bond donors (Lipinski definition) is 3. The van der Waals surface area contributed by atoms with Gasteiger partial charge in [-0.05, 0) is 29.7 Å². The number of ether oxygens (including phenoxy) is 1. The fourth-order valence-corrected chi connectivity index (χ4v) is 2.52. The number of benzene rings is 2. The average Bonchev–Trinajstić information content (AvgIpc) is 3.09. The minimum absolute atomic E-state index is 0.0172. The Morgan fingerprint density at radius 2 is 1.89 bits per heavy atom. The largest absolute Gasteiger partial charge is 0.507 e. The molecule has 0 fully saturated rings. The van der Waals surface area contributed by atoms with E-state index >= 15 is 0 Å². The van der Waals surface area contributed by atoms with Gasteiger partial charge in [0.15, 0.2) is 6.61 Å². The first-order chi connectivity index (χ1) is 13.3. The zero-order chi connectivity index (χ0) is 20.1. The number of carbonyl (C=O) groups excluding carboxylic acids is 1. The molecule has 0 saturated carbocycles. The molecule has 1 aromatic heterocycles. The zero-order valence-corrected chi connectivity index (χ0v) is 14.5. The van der Waals surface area contributed by atoms with Gasteiger partial charge in [-0.2, -0.15) is 18.3 Å². The van der Waals surface area contributed by atoms with Crippen LogP contribution in [0.5, 0.6) is 11.6 Å². The van der Waals surface area contributed by atoms with E-state index < -0.39 is 18.7 Å². The molecule has 0 atom stereocenters. The summed E-state index contributed by atoms with van der Waals surface area (Å²) >= 11 is 0. The predicted octanol–water partition coefficient (Wildman–Crippen LogP) is 3.90. The van der Waals surface area contributed by atoms with Gasteiger partial charge in [0.05, 0.1) is 11.8 Å². The van der Waals surface area contributed by atoms with Crippen molar-refractivity contribution in [2.75, 3.05) is 11.9 Å². The Balaban J connectivity index is 1.74. The molecule has 0 aliphatic rings. The number of H-pyrrole nitrogens is 1. The molecular weight excluding hydrogens is 375 g/mol. The first-order valence-electron chi connectivity index (χ1n) is 8.22. The molecule has 146 valence electrons. The highest BCUT2D eigenvalue weighted by atomic mass is 19.4. The van der Waals surface area contributed by atoms with Crippen molar-refractivity contribution >= 4 is 11.6 Å². The number of hydrogen-bond acceptors (Lipinski definition) is 4. The molecular formula is C19H16F3N3O3. The molecule has 3 N–H and O–H groups in total. The van der Waals surface area contributed by atoms with Gasteiger partial charge in [0.2, 0.25) is 5.88 Å². The van der Waals surface area contributed by atoms with Crippen LogP contribution in [0.15, 0.2) is 54.7 Å². The highest BCUT2D eigenvalue weighted by molar-refractivity contribution is 6.06. The van der Waals surface area contributed by atoms with Gasteiger partial charge < -0.3 is 15.2 Å². The standard InChI is InChI=1S/C19H16F3N3O3/c20-19(21,22)11-28-18-15(10-23-25-18)24-17(27)14-9-13(6-7-16(14)26)8-12-4-2-1-3-5-12/h1-7,9-10,26H,8,11H2,(H,23,25)(H,24,27). The number of phenols is 1. The van der Waals surface area contributed by atoms with Crippen LogP contribution in [0.3, 0.4) is 0 Å². The molecule has 0 spiro atoms. The van der Waals surface area contributed by atoms with Crippen LogP contribution in [0.2, 0.25) is 0 Å². The number of rotatable bonds is 6. The summed E-state index contributed by atoms with van der Waals surface area (Å²) in [6.45, 7) is -1.53. The normalized spacial score (nSPS) is 11.2. The number of nitrogens with one attached hydrogen (secondary N) is 2. The van der Waals surface area contributed by atoms with E-state index in [0.29, 0.717) is 6.42 Å². The predicted molar refractivity (Wildman–Crippen MR) is 95.4 cm³/mol. The third-order valence-electron chi connectivity index (χ3n) is 3.79. The summed E-state index contributed by atoms with van der Waals surface area (Å²) in [5.74, 6) is -1.29. The van der Waals surface area contributed by atoms with Crippen LogP contribution in [-0.2, 0) is 6.42 Å². The second kappa shape index (κ2) is 8.03. The number of phenolic OH excluding ortho intramolecular Hbond substituents is 1. The number of anilines is 1. The smallest absolute Gasteiger partial charge is 0.422 e. The SMILES string of the molecule is O=C(Nc1cn[nH]c1OCC(F)(F)F)c1cc(Cc2ccccc2)ccc1O. The second-order valence-corrected chi connectivity index (χ2v) is 5.98. The van der Waals surface area contributed by atoms with Crippen LogP contribution in [-0.4, -0.2) is 34.0 Å². The molecule has 28 heavy (non-hydrogen) atoms. The summed E-state index contributed by atoms with van der Waals surface area (Å²) < 4.78 is 41.5. The highest BCUT2D eigenvalue weighted by Crippen LogP contribution is 2.26. The lowest BCUT2D eigenvalue weighted by molar-refractivity contribution is -0.153. The van der Waals surface area contributed by atoms with Crippen molar-refractivity contribution in [1.82, 2.24) is 10.2 Å². The second-order valence-electron chi connectivity index (χ2n) is 5.98. The van der Waals surface area contributed by atoms with Gasteiger partial charge in [0, 0.05) is 0 Å². The van der Waals surface area contributed by atoms with E-state index in [1.165, 1.54) is 12.1 Å². The van der Waals surface area contributed by atoms with Crippen LogP contribution < -0.4 is 10.1 Å². The number of nitrogens with zero attached hydrogens (tertiary/aromatic N) is 1. The molecule has 1 amide bonds. The Morgan fingerprint density at radius 1 is 1.14 bits per heavy atom. The van der Waals surface area contributed by atoms with E-state index in [9.17, 15) is 23.1 Å². The summed E-state index contributed by atoms with van der Waals surface area (Å²) in [4.78, 5) is 12.5. The number of amides is 1. The Morgan fingerprint density at radius 3 is 2.61 bits per heavy atom. The first kappa shape index (κ1) is 19.3. The molecule has 1 heterocycles. The Labute approximate surface area is 158 Å². The number of aromatic amines is 1. The molecule has 3 rings (SSSR count). The number of aromatic nitrogens is 2. The van der Waals surface area contributed by atoms with Crippen molar-refractivity contribution in [3.63, 3.8) is 0 Å². The molecule has 0 radical (unpaired) electrons. The highest BCUT2D eigenvalue weighted by Gasteiger charge is 2.29. The lowest BCUT2D eigenvalue weighted by Crippen LogP contribution is -2.20.